The van der Waals surface area contributed by atoms with E-state index in [1.54, 1.807) is 0 Å². The van der Waals surface area contributed by atoms with Crippen molar-refractivity contribution in [3.05, 3.63) is 11.8 Å². The molecular weight excluding hydrogens is 176 g/mol. The van der Waals surface area contributed by atoms with Crippen LogP contribution in [0.25, 0.3) is 0 Å². The number of anilines is 1. The maximum absolute atomic E-state index is 4.36. The SMILES string of the molecule is Cc1cc(NCC2CCNC2)nn1C. The molecule has 14 heavy (non-hydrogen) atoms. The lowest BCUT2D eigenvalue weighted by atomic mass is 10.1. The van der Waals surface area contributed by atoms with Gasteiger partial charge in [0, 0.05) is 25.4 Å². The molecule has 0 aliphatic carbocycles. The Balaban J connectivity index is 1.85. The van der Waals surface area contributed by atoms with Crippen LogP contribution in [0, 0.1) is 12.8 Å². The van der Waals surface area contributed by atoms with Crippen LogP contribution in [0.3, 0.4) is 0 Å². The van der Waals surface area contributed by atoms with E-state index in [1.807, 2.05) is 11.7 Å². The van der Waals surface area contributed by atoms with Crippen molar-refractivity contribution < 1.29 is 0 Å². The van der Waals surface area contributed by atoms with E-state index in [-0.39, 0.29) is 0 Å². The summed E-state index contributed by atoms with van der Waals surface area (Å²) >= 11 is 0. The smallest absolute Gasteiger partial charge is 0.148 e. The first-order chi connectivity index (χ1) is 6.75. The Kier molecular flexibility index (Phi) is 2.72. The van der Waals surface area contributed by atoms with Gasteiger partial charge < -0.3 is 10.6 Å². The van der Waals surface area contributed by atoms with Crippen molar-refractivity contribution in [2.75, 3.05) is 25.0 Å². The van der Waals surface area contributed by atoms with Crippen LogP contribution in [0.5, 0.6) is 0 Å². The second-order valence-corrected chi connectivity index (χ2v) is 4.03. The molecule has 1 atom stereocenters. The van der Waals surface area contributed by atoms with E-state index in [0.717, 1.165) is 31.4 Å². The molecule has 1 saturated heterocycles. The second kappa shape index (κ2) is 4.00. The van der Waals surface area contributed by atoms with Crippen LogP contribution in [0.2, 0.25) is 0 Å². The van der Waals surface area contributed by atoms with E-state index in [4.69, 9.17) is 0 Å². The molecule has 1 aromatic heterocycles. The summed E-state index contributed by atoms with van der Waals surface area (Å²) in [7, 11) is 1.97. The number of hydrogen-bond donors (Lipinski definition) is 2. The Bertz CT molecular complexity index is 280. The van der Waals surface area contributed by atoms with Crippen molar-refractivity contribution in [2.24, 2.45) is 13.0 Å². The zero-order valence-electron chi connectivity index (χ0n) is 8.88. The highest BCUT2D eigenvalue weighted by Gasteiger charge is 2.14. The highest BCUT2D eigenvalue weighted by molar-refractivity contribution is 5.35. The lowest BCUT2D eigenvalue weighted by Gasteiger charge is -2.08. The fraction of sp³-hybridized carbons (Fsp3) is 0.700. The van der Waals surface area contributed by atoms with Crippen LogP contribution in [0.1, 0.15) is 12.1 Å². The fourth-order valence-corrected chi connectivity index (χ4v) is 1.78. The molecule has 1 fully saturated rings. The molecule has 0 saturated carbocycles. The van der Waals surface area contributed by atoms with Gasteiger partial charge in [-0.25, -0.2) is 0 Å². The zero-order valence-corrected chi connectivity index (χ0v) is 8.88. The lowest BCUT2D eigenvalue weighted by Crippen LogP contribution is -2.17. The third-order valence-electron chi connectivity index (χ3n) is 2.85. The summed E-state index contributed by atoms with van der Waals surface area (Å²) in [5, 5.41) is 11.1. The van der Waals surface area contributed by atoms with E-state index in [0.29, 0.717) is 0 Å². The molecule has 0 amide bonds. The molecule has 0 spiro atoms. The van der Waals surface area contributed by atoms with Crippen molar-refractivity contribution in [3.8, 4) is 0 Å². The molecule has 2 rings (SSSR count). The van der Waals surface area contributed by atoms with E-state index >= 15 is 0 Å². The van der Waals surface area contributed by atoms with Gasteiger partial charge in [-0.2, -0.15) is 5.10 Å². The molecule has 1 aromatic rings. The van der Waals surface area contributed by atoms with Crippen molar-refractivity contribution in [2.45, 2.75) is 13.3 Å². The van der Waals surface area contributed by atoms with Crippen LogP contribution in [-0.4, -0.2) is 29.4 Å². The zero-order chi connectivity index (χ0) is 9.97. The van der Waals surface area contributed by atoms with Gasteiger partial charge in [-0.1, -0.05) is 0 Å². The van der Waals surface area contributed by atoms with Crippen molar-refractivity contribution >= 4 is 5.82 Å². The average molecular weight is 194 g/mol. The molecule has 0 aromatic carbocycles. The Hall–Kier alpha value is -1.03. The normalized spacial score (nSPS) is 21.4. The summed E-state index contributed by atoms with van der Waals surface area (Å²) in [5.74, 6) is 1.76. The largest absolute Gasteiger partial charge is 0.368 e. The highest BCUT2D eigenvalue weighted by atomic mass is 15.3. The maximum Gasteiger partial charge on any atom is 0.148 e. The van der Waals surface area contributed by atoms with Crippen molar-refractivity contribution in [3.63, 3.8) is 0 Å². The minimum atomic E-state index is 0.761. The van der Waals surface area contributed by atoms with Crippen LogP contribution in [-0.2, 0) is 7.05 Å². The Morgan fingerprint density at radius 1 is 1.71 bits per heavy atom. The molecule has 1 aliphatic rings. The fourth-order valence-electron chi connectivity index (χ4n) is 1.78. The first kappa shape index (κ1) is 9.52. The number of rotatable bonds is 3. The summed E-state index contributed by atoms with van der Waals surface area (Å²) in [5.41, 5.74) is 1.19. The average Bonchev–Trinajstić information content (AvgIpc) is 2.74. The number of nitrogens with one attached hydrogen (secondary N) is 2. The first-order valence-corrected chi connectivity index (χ1v) is 5.21. The highest BCUT2D eigenvalue weighted by Crippen LogP contribution is 2.11. The summed E-state index contributed by atoms with van der Waals surface area (Å²) in [6, 6.07) is 2.09. The molecule has 1 unspecified atom stereocenters. The summed E-state index contributed by atoms with van der Waals surface area (Å²) in [4.78, 5) is 0. The standard InChI is InChI=1S/C10H18N4/c1-8-5-10(13-14(8)2)12-7-9-3-4-11-6-9/h5,9,11H,3-4,6-7H2,1-2H3,(H,12,13). The Labute approximate surface area is 84.7 Å². The third kappa shape index (κ3) is 2.07. The van der Waals surface area contributed by atoms with Gasteiger partial charge in [0.2, 0.25) is 0 Å². The van der Waals surface area contributed by atoms with E-state index in [9.17, 15) is 0 Å². The summed E-state index contributed by atoms with van der Waals surface area (Å²) in [6.07, 6.45) is 1.28. The van der Waals surface area contributed by atoms with Gasteiger partial charge in [0.05, 0.1) is 0 Å². The van der Waals surface area contributed by atoms with Crippen LogP contribution < -0.4 is 10.6 Å². The van der Waals surface area contributed by atoms with Crippen molar-refractivity contribution in [1.29, 1.82) is 0 Å². The lowest BCUT2D eigenvalue weighted by molar-refractivity contribution is 0.613. The predicted octanol–water partition coefficient (Wildman–Crippen LogP) is 0.750. The molecule has 2 N–H and O–H groups in total. The summed E-state index contributed by atoms with van der Waals surface area (Å²) < 4.78 is 1.90. The Morgan fingerprint density at radius 3 is 3.14 bits per heavy atom. The summed E-state index contributed by atoms with van der Waals surface area (Å²) in [6.45, 7) is 5.39. The van der Waals surface area contributed by atoms with Gasteiger partial charge in [0.15, 0.2) is 0 Å². The van der Waals surface area contributed by atoms with Gasteiger partial charge in [-0.3, -0.25) is 4.68 Å². The number of hydrogen-bond acceptors (Lipinski definition) is 3. The minimum Gasteiger partial charge on any atom is -0.368 e. The molecule has 2 heterocycles. The van der Waals surface area contributed by atoms with E-state index in [1.165, 1.54) is 12.1 Å². The number of aromatic nitrogens is 2. The maximum atomic E-state index is 4.36. The monoisotopic (exact) mass is 194 g/mol. The third-order valence-corrected chi connectivity index (χ3v) is 2.85. The molecule has 4 nitrogen and oxygen atoms in total. The topological polar surface area (TPSA) is 41.9 Å². The van der Waals surface area contributed by atoms with E-state index in [2.05, 4.69) is 28.7 Å². The molecule has 1 aliphatic heterocycles. The predicted molar refractivity (Wildman–Crippen MR) is 57.4 cm³/mol. The Morgan fingerprint density at radius 2 is 2.57 bits per heavy atom. The minimum absolute atomic E-state index is 0.761. The quantitative estimate of drug-likeness (QED) is 0.746. The van der Waals surface area contributed by atoms with E-state index < -0.39 is 0 Å². The molecule has 0 radical (unpaired) electrons. The van der Waals surface area contributed by atoms with Crippen LogP contribution >= 0.6 is 0 Å². The molecule has 4 heteroatoms. The first-order valence-electron chi connectivity index (χ1n) is 5.21. The second-order valence-electron chi connectivity index (χ2n) is 4.03. The van der Waals surface area contributed by atoms with Gasteiger partial charge in [-0.05, 0) is 32.4 Å². The number of aryl methyl sites for hydroxylation is 2. The van der Waals surface area contributed by atoms with Crippen molar-refractivity contribution in [1.82, 2.24) is 15.1 Å². The molecule has 0 bridgehead atoms. The van der Waals surface area contributed by atoms with Gasteiger partial charge in [0.25, 0.3) is 0 Å². The van der Waals surface area contributed by atoms with Gasteiger partial charge in [-0.15, -0.1) is 0 Å². The number of nitrogens with zero attached hydrogens (tertiary/aromatic N) is 2. The van der Waals surface area contributed by atoms with Crippen LogP contribution in [0.15, 0.2) is 6.07 Å². The van der Waals surface area contributed by atoms with Gasteiger partial charge >= 0.3 is 0 Å². The van der Waals surface area contributed by atoms with Gasteiger partial charge in [0.1, 0.15) is 5.82 Å². The molecule has 78 valence electrons. The molecular formula is C10H18N4. The van der Waals surface area contributed by atoms with Crippen LogP contribution in [0.4, 0.5) is 5.82 Å².